The van der Waals surface area contributed by atoms with Crippen LogP contribution in [0.2, 0.25) is 0 Å². The van der Waals surface area contributed by atoms with E-state index < -0.39 is 17.3 Å². The Morgan fingerprint density at radius 3 is 2.20 bits per heavy atom. The summed E-state index contributed by atoms with van der Waals surface area (Å²) in [7, 11) is 4.26. The summed E-state index contributed by atoms with van der Waals surface area (Å²) < 4.78 is 8.84. The summed E-state index contributed by atoms with van der Waals surface area (Å²) in [5, 5.41) is 9.70. The number of carbonyl (C=O) groups is 3. The minimum absolute atomic E-state index is 0.0489. The lowest BCUT2D eigenvalue weighted by Crippen LogP contribution is -2.67. The van der Waals surface area contributed by atoms with Crippen molar-refractivity contribution in [2.24, 2.45) is 68.0 Å². The fourth-order valence-electron chi connectivity index (χ4n) is 16.2. The zero-order chi connectivity index (χ0) is 42.9. The first-order valence-corrected chi connectivity index (χ1v) is 23.9. The van der Waals surface area contributed by atoms with Crippen LogP contribution in [0.25, 0.3) is 0 Å². The molecular weight excluding hydrogens is 737 g/mol. The molecule has 6 aliphatic carbocycles. The van der Waals surface area contributed by atoms with Gasteiger partial charge in [0.1, 0.15) is 11.9 Å². The number of carbonyl (C=O) groups excluding carboxylic acids is 2. The molecule has 9 heteroatoms. The number of carboxylic acids is 1. The molecular formula is C50H80N4O5. The molecule has 1 N–H and O–H groups in total. The highest BCUT2D eigenvalue weighted by molar-refractivity contribution is 5.84. The molecule has 0 radical (unpaired) electrons. The van der Waals surface area contributed by atoms with Crippen LogP contribution in [-0.2, 0) is 31.1 Å². The van der Waals surface area contributed by atoms with E-state index in [1.54, 1.807) is 0 Å². The Labute approximate surface area is 356 Å². The van der Waals surface area contributed by atoms with Crippen LogP contribution >= 0.6 is 0 Å². The van der Waals surface area contributed by atoms with Gasteiger partial charge in [-0.05, 0) is 143 Å². The average Bonchev–Trinajstić information content (AvgIpc) is 3.90. The maximum atomic E-state index is 15.5. The molecule has 6 saturated carbocycles. The number of aromatic nitrogens is 2. The number of fused-ring (bicyclic) bond motifs is 7. The number of ether oxygens (including phenoxy) is 1. The van der Waals surface area contributed by atoms with Gasteiger partial charge < -0.3 is 24.2 Å². The Morgan fingerprint density at radius 1 is 0.814 bits per heavy atom. The fraction of sp³-hybridized carbons (Fsp3) is 0.880. The summed E-state index contributed by atoms with van der Waals surface area (Å²) in [6.07, 6.45) is 16.8. The normalized spacial score (nSPS) is 42.3. The van der Waals surface area contributed by atoms with E-state index in [0.29, 0.717) is 36.0 Å². The fourth-order valence-corrected chi connectivity index (χ4v) is 16.2. The Morgan fingerprint density at radius 2 is 1.54 bits per heavy atom. The number of carboxylic acid groups (broad SMARTS) is 1. The Kier molecular flexibility index (Phi) is 10.5. The largest absolute Gasteiger partial charge is 0.481 e. The van der Waals surface area contributed by atoms with Crippen LogP contribution in [0.15, 0.2) is 6.20 Å². The lowest BCUT2D eigenvalue weighted by Gasteiger charge is -2.72. The van der Waals surface area contributed by atoms with E-state index in [9.17, 15) is 14.7 Å². The van der Waals surface area contributed by atoms with Gasteiger partial charge in [-0.1, -0.05) is 75.7 Å². The van der Waals surface area contributed by atoms with Crippen molar-refractivity contribution >= 4 is 17.8 Å². The predicted molar refractivity (Wildman–Crippen MR) is 231 cm³/mol. The molecule has 7 fully saturated rings. The first kappa shape index (κ1) is 43.2. The van der Waals surface area contributed by atoms with Crippen LogP contribution in [0.5, 0.6) is 0 Å². The molecule has 0 aromatic carbocycles. The maximum absolute atomic E-state index is 15.5. The average molecular weight is 817 g/mol. The highest BCUT2D eigenvalue weighted by Crippen LogP contribution is 2.77. The van der Waals surface area contributed by atoms with Crippen molar-refractivity contribution in [3.63, 3.8) is 0 Å². The van der Waals surface area contributed by atoms with E-state index in [2.05, 4.69) is 90.0 Å². The lowest BCUT2D eigenvalue weighted by molar-refractivity contribution is -0.250. The van der Waals surface area contributed by atoms with Crippen molar-refractivity contribution in [3.8, 4) is 0 Å². The molecule has 1 amide bonds. The maximum Gasteiger partial charge on any atom is 0.309 e. The van der Waals surface area contributed by atoms with Crippen molar-refractivity contribution in [2.75, 3.05) is 27.2 Å². The summed E-state index contributed by atoms with van der Waals surface area (Å²) in [6.45, 7) is 25.9. The minimum atomic E-state index is -0.810. The molecule has 0 spiro atoms. The van der Waals surface area contributed by atoms with Gasteiger partial charge in [0.2, 0.25) is 5.91 Å². The smallest absolute Gasteiger partial charge is 0.309 e. The Bertz CT molecular complexity index is 1830. The molecule has 1 saturated heterocycles. The number of nitrogens with zero attached hydrogens (tertiary/aromatic N) is 4. The molecule has 2 heterocycles. The summed E-state index contributed by atoms with van der Waals surface area (Å²) in [5.74, 6) is 1.75. The van der Waals surface area contributed by atoms with Crippen molar-refractivity contribution in [1.82, 2.24) is 19.4 Å². The number of rotatable bonds is 8. The summed E-state index contributed by atoms with van der Waals surface area (Å²) in [4.78, 5) is 50.9. The van der Waals surface area contributed by atoms with E-state index in [4.69, 9.17) is 9.72 Å². The molecule has 9 nitrogen and oxygen atoms in total. The number of hydrogen-bond donors (Lipinski definition) is 1. The van der Waals surface area contributed by atoms with Gasteiger partial charge in [-0.25, -0.2) is 4.98 Å². The van der Waals surface area contributed by atoms with Gasteiger partial charge in [0.15, 0.2) is 0 Å². The zero-order valence-electron chi connectivity index (χ0n) is 39.1. The number of amides is 1. The van der Waals surface area contributed by atoms with Crippen LogP contribution < -0.4 is 0 Å². The molecule has 2 unspecified atom stereocenters. The highest BCUT2D eigenvalue weighted by atomic mass is 16.5. The summed E-state index contributed by atoms with van der Waals surface area (Å²) >= 11 is 0. The third-order valence-corrected chi connectivity index (χ3v) is 20.0. The van der Waals surface area contributed by atoms with E-state index >= 15 is 4.79 Å². The van der Waals surface area contributed by atoms with Crippen LogP contribution in [0.1, 0.15) is 177 Å². The van der Waals surface area contributed by atoms with Gasteiger partial charge in [0.05, 0.1) is 29.0 Å². The number of likely N-dealkylation sites (tertiary alicyclic amines) is 1. The second-order valence-corrected chi connectivity index (χ2v) is 24.5. The van der Waals surface area contributed by atoms with Crippen molar-refractivity contribution in [2.45, 2.75) is 183 Å². The molecule has 330 valence electrons. The molecule has 59 heavy (non-hydrogen) atoms. The Balaban J connectivity index is 1.01. The zero-order valence-corrected chi connectivity index (χ0v) is 39.1. The summed E-state index contributed by atoms with van der Waals surface area (Å²) in [6, 6.07) is 0.0489. The Hall–Kier alpha value is -2.42. The number of aliphatic carboxylic acids is 1. The van der Waals surface area contributed by atoms with E-state index in [-0.39, 0.29) is 56.5 Å². The highest BCUT2D eigenvalue weighted by Gasteiger charge is 2.71. The second kappa shape index (κ2) is 14.3. The van der Waals surface area contributed by atoms with Crippen LogP contribution in [0.4, 0.5) is 0 Å². The monoisotopic (exact) mass is 817 g/mol. The summed E-state index contributed by atoms with van der Waals surface area (Å²) in [5.41, 5.74) is 0.593. The molecule has 1 aliphatic heterocycles. The van der Waals surface area contributed by atoms with Crippen LogP contribution in [-0.4, -0.2) is 75.6 Å². The standard InChI is InChI=1S/C50H80N4O5/c1-44(2,3)38-30-53(28-27-52(11)12)40(51-38)35-16-14-26-54(35)43(58)50-21-13-15-32(50)31-17-18-37-47(8)22-20-39(59-42(57)34-29-33(41(55)56)45(34,4)5)46(6,7)36(47)19-23-49(37,10)48(31,9)24-25-50/h30-37,39H,13-29H2,1-12H3,(H,55,56)/t31-,32-,33+,34-,35+,36?,37?,39+,47+,48-,49-,50+/m1/s1. The van der Waals surface area contributed by atoms with Crippen LogP contribution in [0, 0.1) is 68.0 Å². The van der Waals surface area contributed by atoms with Crippen molar-refractivity contribution < 1.29 is 24.2 Å². The van der Waals surface area contributed by atoms with Crippen LogP contribution in [0.3, 0.4) is 0 Å². The van der Waals surface area contributed by atoms with E-state index in [1.165, 1.54) is 25.7 Å². The minimum Gasteiger partial charge on any atom is -0.481 e. The molecule has 0 bridgehead atoms. The SMILES string of the molecule is CN(C)CCn1cc(C(C)(C)C)nc1[C@@H]1CCCN1C(=O)[C@]12CCC[C@@H]1[C@H]1CCC3[C@@]4(C)CC[C@H](OC(=O)[C@H]5C[C@@H](C(=O)O)C5(C)C)C(C)(C)C4CC[C@@]3(C)[C@]1(C)CC2. The molecule has 8 rings (SSSR count). The molecule has 1 aromatic rings. The van der Waals surface area contributed by atoms with Gasteiger partial charge in [0, 0.05) is 36.7 Å². The molecule has 7 aliphatic rings. The third kappa shape index (κ3) is 6.34. The number of hydrogen-bond acceptors (Lipinski definition) is 6. The number of likely N-dealkylation sites (N-methyl/N-ethyl adjacent to an activating group) is 1. The number of imidazole rings is 1. The molecule has 1 aromatic heterocycles. The lowest BCUT2D eigenvalue weighted by atomic mass is 9.32. The number of esters is 1. The van der Waals surface area contributed by atoms with Crippen molar-refractivity contribution in [1.29, 1.82) is 0 Å². The van der Waals surface area contributed by atoms with Gasteiger partial charge in [0.25, 0.3) is 0 Å². The third-order valence-electron chi connectivity index (χ3n) is 20.0. The van der Waals surface area contributed by atoms with Crippen molar-refractivity contribution in [3.05, 3.63) is 17.7 Å². The van der Waals surface area contributed by atoms with E-state index in [1.807, 2.05) is 13.8 Å². The predicted octanol–water partition coefficient (Wildman–Crippen LogP) is 9.92. The first-order valence-electron chi connectivity index (χ1n) is 23.9. The van der Waals surface area contributed by atoms with Gasteiger partial charge in [-0.2, -0.15) is 0 Å². The van der Waals surface area contributed by atoms with Gasteiger partial charge in [-0.3, -0.25) is 14.4 Å². The molecule has 12 atom stereocenters. The topological polar surface area (TPSA) is 105 Å². The van der Waals surface area contributed by atoms with Gasteiger partial charge >= 0.3 is 11.9 Å². The quantitative estimate of drug-likeness (QED) is 0.261. The van der Waals surface area contributed by atoms with E-state index in [0.717, 1.165) is 88.9 Å². The van der Waals surface area contributed by atoms with Gasteiger partial charge in [-0.15, -0.1) is 0 Å². The second-order valence-electron chi connectivity index (χ2n) is 24.5. The first-order chi connectivity index (χ1) is 27.4.